The molecule has 1 aliphatic heterocycles. The fourth-order valence-electron chi connectivity index (χ4n) is 1.84. The minimum atomic E-state index is -0.434. The second kappa shape index (κ2) is 4.58. The van der Waals surface area contributed by atoms with E-state index in [0.717, 1.165) is 18.8 Å². The summed E-state index contributed by atoms with van der Waals surface area (Å²) in [4.78, 5) is 12.4. The molecule has 0 aliphatic carbocycles. The molecule has 1 fully saturated rings. The SMILES string of the molecule is CCOc1cc(N2CC(N)C2)ccc1[N+](=O)[O-]. The number of hydrogen-bond acceptors (Lipinski definition) is 5. The van der Waals surface area contributed by atoms with Crippen molar-refractivity contribution in [1.82, 2.24) is 0 Å². The Morgan fingerprint density at radius 3 is 2.82 bits per heavy atom. The molecule has 0 aromatic heterocycles. The van der Waals surface area contributed by atoms with Gasteiger partial charge < -0.3 is 15.4 Å². The van der Waals surface area contributed by atoms with Crippen LogP contribution in [-0.4, -0.2) is 30.7 Å². The number of hydrogen-bond donors (Lipinski definition) is 1. The van der Waals surface area contributed by atoms with Crippen LogP contribution in [0.2, 0.25) is 0 Å². The van der Waals surface area contributed by atoms with E-state index in [1.807, 2.05) is 0 Å². The molecule has 0 spiro atoms. The first-order chi connectivity index (χ1) is 8.11. The van der Waals surface area contributed by atoms with Gasteiger partial charge in [-0.1, -0.05) is 0 Å². The maximum absolute atomic E-state index is 10.8. The standard InChI is InChI=1S/C11H15N3O3/c1-2-17-11-5-9(13-6-8(12)7-13)3-4-10(11)14(15)16/h3-5,8H,2,6-7,12H2,1H3. The minimum absolute atomic E-state index is 0.000391. The molecular formula is C11H15N3O3. The van der Waals surface area contributed by atoms with Crippen LogP contribution < -0.4 is 15.4 Å². The van der Waals surface area contributed by atoms with E-state index in [0.29, 0.717) is 12.4 Å². The molecule has 2 N–H and O–H groups in total. The van der Waals surface area contributed by atoms with E-state index < -0.39 is 4.92 Å². The Hall–Kier alpha value is -1.82. The van der Waals surface area contributed by atoms with E-state index in [4.69, 9.17) is 10.5 Å². The maximum atomic E-state index is 10.8. The zero-order valence-corrected chi connectivity index (χ0v) is 9.63. The number of benzene rings is 1. The lowest BCUT2D eigenvalue weighted by Crippen LogP contribution is -2.55. The van der Waals surface area contributed by atoms with Gasteiger partial charge in [0.15, 0.2) is 5.75 Å². The van der Waals surface area contributed by atoms with Crippen LogP contribution in [-0.2, 0) is 0 Å². The average Bonchev–Trinajstić information content (AvgIpc) is 2.25. The third-order valence-corrected chi connectivity index (χ3v) is 2.71. The summed E-state index contributed by atoms with van der Waals surface area (Å²) in [5.74, 6) is 0.315. The molecule has 0 unspecified atom stereocenters. The van der Waals surface area contributed by atoms with Crippen LogP contribution in [0.3, 0.4) is 0 Å². The second-order valence-corrected chi connectivity index (χ2v) is 4.01. The number of ether oxygens (including phenoxy) is 1. The van der Waals surface area contributed by atoms with Gasteiger partial charge in [-0.3, -0.25) is 10.1 Å². The van der Waals surface area contributed by atoms with Crippen molar-refractivity contribution in [1.29, 1.82) is 0 Å². The van der Waals surface area contributed by atoms with Crippen molar-refractivity contribution in [3.63, 3.8) is 0 Å². The van der Waals surface area contributed by atoms with Crippen LogP contribution in [0, 0.1) is 10.1 Å². The van der Waals surface area contributed by atoms with E-state index >= 15 is 0 Å². The van der Waals surface area contributed by atoms with Crippen molar-refractivity contribution < 1.29 is 9.66 Å². The molecule has 1 heterocycles. The molecule has 1 saturated heterocycles. The summed E-state index contributed by atoms with van der Waals surface area (Å²) >= 11 is 0. The van der Waals surface area contributed by atoms with Crippen LogP contribution in [0.1, 0.15) is 6.92 Å². The molecule has 1 aromatic carbocycles. The minimum Gasteiger partial charge on any atom is -0.487 e. The Balaban J connectivity index is 2.25. The summed E-state index contributed by atoms with van der Waals surface area (Å²) in [6, 6.07) is 5.10. The second-order valence-electron chi connectivity index (χ2n) is 4.01. The quantitative estimate of drug-likeness (QED) is 0.627. The molecule has 6 heteroatoms. The van der Waals surface area contributed by atoms with Gasteiger partial charge in [0.25, 0.3) is 0 Å². The number of nitro benzene ring substituents is 1. The third kappa shape index (κ3) is 2.31. The van der Waals surface area contributed by atoms with Gasteiger partial charge >= 0.3 is 5.69 Å². The van der Waals surface area contributed by atoms with Crippen LogP contribution in [0.4, 0.5) is 11.4 Å². The topological polar surface area (TPSA) is 81.6 Å². The van der Waals surface area contributed by atoms with Gasteiger partial charge in [0, 0.05) is 37.0 Å². The summed E-state index contributed by atoms with van der Waals surface area (Å²) < 4.78 is 5.28. The molecule has 0 amide bonds. The Morgan fingerprint density at radius 2 is 2.29 bits per heavy atom. The van der Waals surface area contributed by atoms with Crippen molar-refractivity contribution >= 4 is 11.4 Å². The summed E-state index contributed by atoms with van der Waals surface area (Å²) in [7, 11) is 0. The van der Waals surface area contributed by atoms with Crippen LogP contribution in [0.15, 0.2) is 18.2 Å². The Labute approximate surface area is 99.1 Å². The zero-order valence-electron chi connectivity index (χ0n) is 9.63. The lowest BCUT2D eigenvalue weighted by molar-refractivity contribution is -0.385. The van der Waals surface area contributed by atoms with Gasteiger partial charge in [-0.05, 0) is 13.0 Å². The number of nitrogens with two attached hydrogens (primary N) is 1. The first-order valence-electron chi connectivity index (χ1n) is 5.53. The van der Waals surface area contributed by atoms with Crippen molar-refractivity contribution in [2.45, 2.75) is 13.0 Å². The Morgan fingerprint density at radius 1 is 1.59 bits per heavy atom. The van der Waals surface area contributed by atoms with Crippen LogP contribution in [0.25, 0.3) is 0 Å². The third-order valence-electron chi connectivity index (χ3n) is 2.71. The van der Waals surface area contributed by atoms with Crippen molar-refractivity contribution in [2.24, 2.45) is 5.73 Å². The molecule has 0 saturated carbocycles. The van der Waals surface area contributed by atoms with E-state index in [-0.39, 0.29) is 11.7 Å². The predicted octanol–water partition coefficient (Wildman–Crippen LogP) is 1.14. The fourth-order valence-corrected chi connectivity index (χ4v) is 1.84. The van der Waals surface area contributed by atoms with E-state index in [2.05, 4.69) is 4.90 Å². The highest BCUT2D eigenvalue weighted by Gasteiger charge is 2.25. The zero-order chi connectivity index (χ0) is 12.4. The van der Waals surface area contributed by atoms with Gasteiger partial charge in [0.05, 0.1) is 11.5 Å². The number of rotatable bonds is 4. The summed E-state index contributed by atoms with van der Waals surface area (Å²) in [6.45, 7) is 3.77. The smallest absolute Gasteiger partial charge is 0.311 e. The lowest BCUT2D eigenvalue weighted by Gasteiger charge is -2.38. The molecule has 17 heavy (non-hydrogen) atoms. The number of nitro groups is 1. The first kappa shape index (κ1) is 11.7. The van der Waals surface area contributed by atoms with Gasteiger partial charge in [-0.25, -0.2) is 0 Å². The van der Waals surface area contributed by atoms with Crippen molar-refractivity contribution in [2.75, 3.05) is 24.6 Å². The van der Waals surface area contributed by atoms with Crippen molar-refractivity contribution in [3.8, 4) is 5.75 Å². The normalized spacial score (nSPS) is 15.5. The van der Waals surface area contributed by atoms with Gasteiger partial charge in [-0.2, -0.15) is 0 Å². The van der Waals surface area contributed by atoms with Gasteiger partial charge in [0.1, 0.15) is 0 Å². The first-order valence-corrected chi connectivity index (χ1v) is 5.53. The van der Waals surface area contributed by atoms with E-state index in [1.165, 1.54) is 6.07 Å². The fraction of sp³-hybridized carbons (Fsp3) is 0.455. The van der Waals surface area contributed by atoms with Crippen LogP contribution in [0.5, 0.6) is 5.75 Å². The molecule has 0 atom stereocenters. The molecule has 92 valence electrons. The molecule has 1 aliphatic rings. The van der Waals surface area contributed by atoms with Crippen molar-refractivity contribution in [3.05, 3.63) is 28.3 Å². The highest BCUT2D eigenvalue weighted by atomic mass is 16.6. The summed E-state index contributed by atoms with van der Waals surface area (Å²) in [5, 5.41) is 10.8. The molecule has 6 nitrogen and oxygen atoms in total. The molecule has 1 aromatic rings. The average molecular weight is 237 g/mol. The highest BCUT2D eigenvalue weighted by Crippen LogP contribution is 2.33. The molecular weight excluding hydrogens is 222 g/mol. The molecule has 0 radical (unpaired) electrons. The molecule has 2 rings (SSSR count). The van der Waals surface area contributed by atoms with Gasteiger partial charge in [-0.15, -0.1) is 0 Å². The summed E-state index contributed by atoms with van der Waals surface area (Å²) in [6.07, 6.45) is 0. The summed E-state index contributed by atoms with van der Waals surface area (Å²) in [5.41, 5.74) is 6.62. The highest BCUT2D eigenvalue weighted by molar-refractivity contribution is 5.60. The number of anilines is 1. The Bertz CT molecular complexity index is 430. The van der Waals surface area contributed by atoms with E-state index in [1.54, 1.807) is 19.1 Å². The van der Waals surface area contributed by atoms with Gasteiger partial charge in [0.2, 0.25) is 0 Å². The lowest BCUT2D eigenvalue weighted by atomic mass is 10.1. The largest absolute Gasteiger partial charge is 0.487 e. The predicted molar refractivity (Wildman–Crippen MR) is 64.5 cm³/mol. The monoisotopic (exact) mass is 237 g/mol. The molecule has 0 bridgehead atoms. The Kier molecular flexibility index (Phi) is 3.14. The number of nitrogens with zero attached hydrogens (tertiary/aromatic N) is 2. The van der Waals surface area contributed by atoms with Crippen LogP contribution >= 0.6 is 0 Å². The van der Waals surface area contributed by atoms with E-state index in [9.17, 15) is 10.1 Å². The maximum Gasteiger partial charge on any atom is 0.311 e.